The molecule has 0 amide bonds. The molecule has 1 aromatic rings. The van der Waals surface area contributed by atoms with Gasteiger partial charge in [0.2, 0.25) is 10.0 Å². The summed E-state index contributed by atoms with van der Waals surface area (Å²) in [5, 5.41) is 0. The first-order chi connectivity index (χ1) is 11.5. The molecule has 6 nitrogen and oxygen atoms in total. The lowest BCUT2D eigenvalue weighted by molar-refractivity contribution is 0.227. The van der Waals surface area contributed by atoms with Gasteiger partial charge in [0, 0.05) is 12.6 Å². The van der Waals surface area contributed by atoms with Crippen molar-refractivity contribution in [1.82, 2.24) is 9.62 Å². The molecule has 1 aliphatic rings. The van der Waals surface area contributed by atoms with Crippen LogP contribution >= 0.6 is 0 Å². The van der Waals surface area contributed by atoms with Gasteiger partial charge in [-0.05, 0) is 57.5 Å². The van der Waals surface area contributed by atoms with E-state index in [2.05, 4.69) is 9.62 Å². The van der Waals surface area contributed by atoms with E-state index in [0.717, 1.165) is 26.1 Å². The van der Waals surface area contributed by atoms with Gasteiger partial charge in [0.15, 0.2) is 11.5 Å². The first kappa shape index (κ1) is 19.0. The molecule has 1 saturated heterocycles. The lowest BCUT2D eigenvalue weighted by Crippen LogP contribution is -2.33. The number of ether oxygens (including phenoxy) is 2. The molecule has 1 N–H and O–H groups in total. The molecule has 0 saturated carbocycles. The quantitative estimate of drug-likeness (QED) is 0.723. The third-order valence-corrected chi connectivity index (χ3v) is 5.97. The third kappa shape index (κ3) is 4.84. The van der Waals surface area contributed by atoms with E-state index in [1.165, 1.54) is 39.5 Å². The number of rotatable bonds is 8. The second kappa shape index (κ2) is 8.69. The minimum atomic E-state index is -3.56. The number of sulfonamides is 1. The van der Waals surface area contributed by atoms with Crippen LogP contribution in [0.2, 0.25) is 0 Å². The van der Waals surface area contributed by atoms with Crippen LogP contribution in [0.1, 0.15) is 31.2 Å². The summed E-state index contributed by atoms with van der Waals surface area (Å²) in [5.74, 6) is 0.941. The Morgan fingerprint density at radius 2 is 1.71 bits per heavy atom. The molecule has 0 radical (unpaired) electrons. The summed E-state index contributed by atoms with van der Waals surface area (Å²) in [4.78, 5) is 2.64. The molecule has 0 aliphatic carbocycles. The second-order valence-corrected chi connectivity index (χ2v) is 7.86. The van der Waals surface area contributed by atoms with Crippen LogP contribution in [0.3, 0.4) is 0 Å². The average Bonchev–Trinajstić information content (AvgIpc) is 2.59. The van der Waals surface area contributed by atoms with Crippen LogP contribution in [-0.4, -0.2) is 53.7 Å². The fraction of sp³-hybridized carbons (Fsp3) is 0.647. The number of hydrogen-bond donors (Lipinski definition) is 1. The predicted molar refractivity (Wildman–Crippen MR) is 94.4 cm³/mol. The van der Waals surface area contributed by atoms with Crippen molar-refractivity contribution in [3.8, 4) is 11.5 Å². The maximum absolute atomic E-state index is 12.6. The number of methoxy groups -OCH3 is 2. The number of nitrogens with zero attached hydrogens (tertiary/aromatic N) is 1. The Labute approximate surface area is 145 Å². The molecule has 1 aliphatic heterocycles. The van der Waals surface area contributed by atoms with E-state index < -0.39 is 10.0 Å². The van der Waals surface area contributed by atoms with Gasteiger partial charge in [-0.25, -0.2) is 13.1 Å². The Bertz CT molecular complexity index is 640. The largest absolute Gasteiger partial charge is 0.493 e. The fourth-order valence-electron chi connectivity index (χ4n) is 3.02. The minimum Gasteiger partial charge on any atom is -0.493 e. The van der Waals surface area contributed by atoms with E-state index in [1.54, 1.807) is 13.0 Å². The zero-order valence-electron chi connectivity index (χ0n) is 14.8. The third-order valence-electron chi connectivity index (χ3n) is 4.36. The summed E-state index contributed by atoms with van der Waals surface area (Å²) >= 11 is 0. The molecule has 0 bridgehead atoms. The molecule has 24 heavy (non-hydrogen) atoms. The molecule has 2 rings (SSSR count). The smallest absolute Gasteiger partial charge is 0.240 e. The molecule has 0 aromatic heterocycles. The van der Waals surface area contributed by atoms with Crippen molar-refractivity contribution in [2.45, 2.75) is 37.5 Å². The van der Waals surface area contributed by atoms with E-state index in [1.807, 2.05) is 0 Å². The maximum Gasteiger partial charge on any atom is 0.240 e. The predicted octanol–water partition coefficient (Wildman–Crippen LogP) is 2.17. The van der Waals surface area contributed by atoms with Crippen LogP contribution in [0.15, 0.2) is 17.0 Å². The number of nitrogens with one attached hydrogen (secondary N) is 1. The number of likely N-dealkylation sites (tertiary alicyclic amines) is 1. The summed E-state index contributed by atoms with van der Waals surface area (Å²) in [5.41, 5.74) is 0.635. The van der Waals surface area contributed by atoms with Gasteiger partial charge in [0.25, 0.3) is 0 Å². The summed E-state index contributed by atoms with van der Waals surface area (Å²) in [6.07, 6.45) is 4.61. The van der Waals surface area contributed by atoms with Gasteiger partial charge in [-0.1, -0.05) is 6.42 Å². The molecule has 1 fully saturated rings. The van der Waals surface area contributed by atoms with Crippen molar-refractivity contribution >= 4 is 10.0 Å². The average molecular weight is 356 g/mol. The monoisotopic (exact) mass is 356 g/mol. The SMILES string of the molecule is COc1cc(C)c(S(=O)(=O)NCCCN2CCCCC2)cc1OC. The molecule has 0 atom stereocenters. The van der Waals surface area contributed by atoms with Crippen LogP contribution in [0, 0.1) is 6.92 Å². The Balaban J connectivity index is 1.96. The van der Waals surface area contributed by atoms with E-state index in [-0.39, 0.29) is 4.90 Å². The molecule has 7 heteroatoms. The molecule has 1 aromatic carbocycles. The van der Waals surface area contributed by atoms with Gasteiger partial charge in [-0.2, -0.15) is 0 Å². The summed E-state index contributed by atoms with van der Waals surface area (Å²) in [6, 6.07) is 3.20. The van der Waals surface area contributed by atoms with Crippen molar-refractivity contribution in [2.24, 2.45) is 0 Å². The Morgan fingerprint density at radius 3 is 2.33 bits per heavy atom. The van der Waals surface area contributed by atoms with Crippen molar-refractivity contribution in [3.05, 3.63) is 17.7 Å². The maximum atomic E-state index is 12.6. The second-order valence-electron chi connectivity index (χ2n) is 6.13. The molecular formula is C17H28N2O4S. The Morgan fingerprint density at radius 1 is 1.08 bits per heavy atom. The van der Waals surface area contributed by atoms with Gasteiger partial charge in [-0.15, -0.1) is 0 Å². The number of benzene rings is 1. The van der Waals surface area contributed by atoms with Crippen LogP contribution in [0.5, 0.6) is 11.5 Å². The first-order valence-corrected chi connectivity index (χ1v) is 9.91. The number of piperidine rings is 1. The Kier molecular flexibility index (Phi) is 6.89. The lowest BCUT2D eigenvalue weighted by Gasteiger charge is -2.26. The molecule has 0 spiro atoms. The van der Waals surface area contributed by atoms with E-state index >= 15 is 0 Å². The number of aryl methyl sites for hydroxylation is 1. The van der Waals surface area contributed by atoms with E-state index in [4.69, 9.17) is 9.47 Å². The molecule has 1 heterocycles. The van der Waals surface area contributed by atoms with Gasteiger partial charge in [0.05, 0.1) is 19.1 Å². The van der Waals surface area contributed by atoms with Gasteiger partial charge >= 0.3 is 0 Å². The minimum absolute atomic E-state index is 0.234. The van der Waals surface area contributed by atoms with Gasteiger partial charge < -0.3 is 14.4 Å². The normalized spacial score (nSPS) is 16.1. The van der Waals surface area contributed by atoms with E-state index in [9.17, 15) is 8.42 Å². The molecule has 136 valence electrons. The first-order valence-electron chi connectivity index (χ1n) is 8.42. The van der Waals surface area contributed by atoms with Crippen LogP contribution in [0.4, 0.5) is 0 Å². The molecule has 0 unspecified atom stereocenters. The van der Waals surface area contributed by atoms with Crippen molar-refractivity contribution in [3.63, 3.8) is 0 Å². The Hall–Kier alpha value is -1.31. The highest BCUT2D eigenvalue weighted by Gasteiger charge is 2.20. The molecular weight excluding hydrogens is 328 g/mol. The van der Waals surface area contributed by atoms with Gasteiger partial charge in [0.1, 0.15) is 0 Å². The van der Waals surface area contributed by atoms with Crippen molar-refractivity contribution in [1.29, 1.82) is 0 Å². The summed E-state index contributed by atoms with van der Waals surface area (Å²) in [7, 11) is -0.528. The van der Waals surface area contributed by atoms with E-state index in [0.29, 0.717) is 23.6 Å². The zero-order valence-corrected chi connectivity index (χ0v) is 15.6. The highest BCUT2D eigenvalue weighted by molar-refractivity contribution is 7.89. The highest BCUT2D eigenvalue weighted by atomic mass is 32.2. The van der Waals surface area contributed by atoms with Crippen LogP contribution < -0.4 is 14.2 Å². The van der Waals surface area contributed by atoms with Crippen molar-refractivity contribution in [2.75, 3.05) is 40.4 Å². The van der Waals surface area contributed by atoms with Crippen molar-refractivity contribution < 1.29 is 17.9 Å². The van der Waals surface area contributed by atoms with Gasteiger partial charge in [-0.3, -0.25) is 0 Å². The fourth-order valence-corrected chi connectivity index (χ4v) is 4.33. The lowest BCUT2D eigenvalue weighted by atomic mass is 10.1. The zero-order chi connectivity index (χ0) is 17.6. The standard InChI is InChI=1S/C17H28N2O4S/c1-14-12-15(22-2)16(23-3)13-17(14)24(20,21)18-8-7-11-19-9-5-4-6-10-19/h12-13,18H,4-11H2,1-3H3. The topological polar surface area (TPSA) is 67.9 Å². The van der Waals surface area contributed by atoms with Crippen LogP contribution in [-0.2, 0) is 10.0 Å². The number of hydrogen-bond acceptors (Lipinski definition) is 5. The summed E-state index contributed by atoms with van der Waals surface area (Å²) < 4.78 is 38.2. The summed E-state index contributed by atoms with van der Waals surface area (Å²) in [6.45, 7) is 5.38. The van der Waals surface area contributed by atoms with Crippen LogP contribution in [0.25, 0.3) is 0 Å². The highest BCUT2D eigenvalue weighted by Crippen LogP contribution is 2.32.